The van der Waals surface area contributed by atoms with E-state index < -0.39 is 0 Å². The molecule has 2 fully saturated rings. The van der Waals surface area contributed by atoms with Crippen LogP contribution in [0.1, 0.15) is 24.1 Å². The van der Waals surface area contributed by atoms with E-state index in [1.807, 2.05) is 23.1 Å². The van der Waals surface area contributed by atoms with Gasteiger partial charge in [-0.25, -0.2) is 0 Å². The zero-order valence-electron chi connectivity index (χ0n) is 11.1. The minimum Gasteiger partial charge on any atom is -0.374 e. The predicted molar refractivity (Wildman–Crippen MR) is 82.5 cm³/mol. The minimum absolute atomic E-state index is 0.151. The van der Waals surface area contributed by atoms with Crippen LogP contribution in [0.3, 0.4) is 0 Å². The zero-order valence-corrected chi connectivity index (χ0v) is 12.8. The van der Waals surface area contributed by atoms with E-state index in [9.17, 15) is 0 Å². The first-order valence-electron chi connectivity index (χ1n) is 7.01. The molecular formula is C14H22N2OS2. The molecule has 5 heteroatoms. The molecule has 0 amide bonds. The fraction of sp³-hybridized carbons (Fsp3) is 0.714. The van der Waals surface area contributed by atoms with E-state index >= 15 is 0 Å². The van der Waals surface area contributed by atoms with Gasteiger partial charge in [0.15, 0.2) is 0 Å². The van der Waals surface area contributed by atoms with Gasteiger partial charge in [-0.15, -0.1) is 11.3 Å². The average Bonchev–Trinajstić information content (AvgIpc) is 3.08. The number of thiophene rings is 1. The molecule has 0 saturated carbocycles. The Balaban J connectivity index is 1.65. The van der Waals surface area contributed by atoms with Crippen LogP contribution in [0, 0.1) is 5.92 Å². The zero-order chi connectivity index (χ0) is 13.1. The first-order chi connectivity index (χ1) is 9.31. The standard InChI is InChI=1S/C14H22N2OS2/c15-16-13(8-12-2-1-6-19-12)11-3-5-17-14(9-11)4-7-18-10-14/h1-2,6,11,13,16H,3-5,7-10,15H2. The number of hydrazine groups is 1. The summed E-state index contributed by atoms with van der Waals surface area (Å²) in [5.74, 6) is 8.87. The average molecular weight is 298 g/mol. The predicted octanol–water partition coefficient (Wildman–Crippen LogP) is 2.42. The lowest BCUT2D eigenvalue weighted by Gasteiger charge is -2.40. The molecule has 3 nitrogen and oxygen atoms in total. The number of hydrogen-bond donors (Lipinski definition) is 2. The quantitative estimate of drug-likeness (QED) is 0.662. The van der Waals surface area contributed by atoms with Crippen LogP contribution in [0.4, 0.5) is 0 Å². The van der Waals surface area contributed by atoms with Crippen molar-refractivity contribution in [3.63, 3.8) is 0 Å². The molecule has 19 heavy (non-hydrogen) atoms. The van der Waals surface area contributed by atoms with Gasteiger partial charge in [-0.1, -0.05) is 6.07 Å². The Morgan fingerprint density at radius 2 is 2.53 bits per heavy atom. The summed E-state index contributed by atoms with van der Waals surface area (Å²) in [4.78, 5) is 1.42. The van der Waals surface area contributed by atoms with E-state index in [0.717, 1.165) is 19.4 Å². The molecule has 0 radical (unpaired) electrons. The Hall–Kier alpha value is -0.0700. The lowest BCUT2D eigenvalue weighted by atomic mass is 9.80. The number of hydrogen-bond acceptors (Lipinski definition) is 5. The van der Waals surface area contributed by atoms with Gasteiger partial charge in [-0.2, -0.15) is 11.8 Å². The summed E-state index contributed by atoms with van der Waals surface area (Å²) in [5, 5.41) is 2.14. The maximum absolute atomic E-state index is 6.10. The van der Waals surface area contributed by atoms with Crippen LogP contribution in [-0.2, 0) is 11.2 Å². The van der Waals surface area contributed by atoms with Crippen LogP contribution in [0.2, 0.25) is 0 Å². The molecule has 0 bridgehead atoms. The Kier molecular flexibility index (Phi) is 4.49. The molecule has 1 aromatic rings. The largest absolute Gasteiger partial charge is 0.374 e. The molecule has 106 valence electrons. The Bertz CT molecular complexity index is 390. The fourth-order valence-corrected chi connectivity index (χ4v) is 5.42. The SMILES string of the molecule is NNC(Cc1cccs1)C1CCOC2(CCSC2)C1. The van der Waals surface area contributed by atoms with E-state index in [1.54, 1.807) is 0 Å². The van der Waals surface area contributed by atoms with Gasteiger partial charge >= 0.3 is 0 Å². The van der Waals surface area contributed by atoms with Crippen molar-refractivity contribution < 1.29 is 4.74 Å². The lowest BCUT2D eigenvalue weighted by Crippen LogP contribution is -2.49. The van der Waals surface area contributed by atoms with Gasteiger partial charge in [0, 0.05) is 23.3 Å². The monoisotopic (exact) mass is 298 g/mol. The van der Waals surface area contributed by atoms with Crippen molar-refractivity contribution in [3.05, 3.63) is 22.4 Å². The van der Waals surface area contributed by atoms with Crippen molar-refractivity contribution in [2.45, 2.75) is 37.3 Å². The highest BCUT2D eigenvalue weighted by atomic mass is 32.2. The third kappa shape index (κ3) is 3.16. The molecule has 3 N–H and O–H groups in total. The normalized spacial score (nSPS) is 32.8. The van der Waals surface area contributed by atoms with Crippen LogP contribution in [0.5, 0.6) is 0 Å². The first-order valence-corrected chi connectivity index (χ1v) is 9.05. The summed E-state index contributed by atoms with van der Waals surface area (Å²) in [7, 11) is 0. The molecule has 3 heterocycles. The molecule has 0 aromatic carbocycles. The summed E-state index contributed by atoms with van der Waals surface area (Å²) < 4.78 is 6.10. The van der Waals surface area contributed by atoms with Gasteiger partial charge in [0.05, 0.1) is 5.60 Å². The lowest BCUT2D eigenvalue weighted by molar-refractivity contribution is -0.0850. The fourth-order valence-electron chi connectivity index (χ4n) is 3.28. The molecule has 2 saturated heterocycles. The molecule has 0 aliphatic carbocycles. The van der Waals surface area contributed by atoms with Gasteiger partial charge in [-0.05, 0) is 48.8 Å². The van der Waals surface area contributed by atoms with Crippen molar-refractivity contribution in [3.8, 4) is 0 Å². The number of rotatable bonds is 4. The number of nitrogens with two attached hydrogens (primary N) is 1. The maximum Gasteiger partial charge on any atom is 0.0783 e. The van der Waals surface area contributed by atoms with E-state index in [1.165, 1.54) is 29.2 Å². The Morgan fingerprint density at radius 3 is 3.21 bits per heavy atom. The van der Waals surface area contributed by atoms with Crippen molar-refractivity contribution in [1.29, 1.82) is 0 Å². The second kappa shape index (κ2) is 6.14. The number of nitrogens with one attached hydrogen (secondary N) is 1. The second-order valence-electron chi connectivity index (χ2n) is 5.64. The third-order valence-corrected chi connectivity index (χ3v) is 6.50. The van der Waals surface area contributed by atoms with Gasteiger partial charge in [0.2, 0.25) is 0 Å². The number of thioether (sulfide) groups is 1. The molecule has 2 aliphatic heterocycles. The van der Waals surface area contributed by atoms with Crippen molar-refractivity contribution in [1.82, 2.24) is 5.43 Å². The Morgan fingerprint density at radius 1 is 1.58 bits per heavy atom. The second-order valence-corrected chi connectivity index (χ2v) is 7.78. The summed E-state index contributed by atoms with van der Waals surface area (Å²) in [5.41, 5.74) is 3.21. The van der Waals surface area contributed by atoms with Crippen molar-refractivity contribution in [2.24, 2.45) is 11.8 Å². The summed E-state index contributed by atoms with van der Waals surface area (Å²) in [6, 6.07) is 4.70. The first kappa shape index (κ1) is 13.9. The van der Waals surface area contributed by atoms with Crippen LogP contribution in [0.25, 0.3) is 0 Å². The molecule has 3 atom stereocenters. The van der Waals surface area contributed by atoms with Gasteiger partial charge in [-0.3, -0.25) is 11.3 Å². The van der Waals surface area contributed by atoms with E-state index in [2.05, 4.69) is 22.9 Å². The smallest absolute Gasteiger partial charge is 0.0783 e. The third-order valence-electron chi connectivity index (χ3n) is 4.38. The highest BCUT2D eigenvalue weighted by Crippen LogP contribution is 2.41. The summed E-state index contributed by atoms with van der Waals surface area (Å²) >= 11 is 3.86. The topological polar surface area (TPSA) is 47.3 Å². The van der Waals surface area contributed by atoms with E-state index in [-0.39, 0.29) is 5.60 Å². The minimum atomic E-state index is 0.151. The van der Waals surface area contributed by atoms with Gasteiger partial charge in [0.25, 0.3) is 0 Å². The molecule has 2 aliphatic rings. The van der Waals surface area contributed by atoms with E-state index in [0.29, 0.717) is 12.0 Å². The van der Waals surface area contributed by atoms with E-state index in [4.69, 9.17) is 10.6 Å². The summed E-state index contributed by atoms with van der Waals surface area (Å²) in [6.07, 6.45) is 4.55. The molecule has 1 aromatic heterocycles. The van der Waals surface area contributed by atoms with Gasteiger partial charge in [0.1, 0.15) is 0 Å². The maximum atomic E-state index is 6.10. The highest BCUT2D eigenvalue weighted by Gasteiger charge is 2.42. The van der Waals surface area contributed by atoms with Crippen molar-refractivity contribution in [2.75, 3.05) is 18.1 Å². The highest BCUT2D eigenvalue weighted by molar-refractivity contribution is 7.99. The van der Waals surface area contributed by atoms with Crippen LogP contribution in [0.15, 0.2) is 17.5 Å². The van der Waals surface area contributed by atoms with Crippen molar-refractivity contribution >= 4 is 23.1 Å². The summed E-state index contributed by atoms with van der Waals surface area (Å²) in [6.45, 7) is 0.897. The van der Waals surface area contributed by atoms with Crippen LogP contribution in [-0.4, -0.2) is 29.8 Å². The van der Waals surface area contributed by atoms with Crippen LogP contribution < -0.4 is 11.3 Å². The number of ether oxygens (including phenoxy) is 1. The molecule has 1 spiro atoms. The molecule has 3 unspecified atom stereocenters. The van der Waals surface area contributed by atoms with Gasteiger partial charge < -0.3 is 4.74 Å². The Labute approximate surface area is 123 Å². The van der Waals surface area contributed by atoms with Crippen LogP contribution >= 0.6 is 23.1 Å². The molecule has 3 rings (SSSR count). The molecular weight excluding hydrogens is 276 g/mol.